The molecule has 4 heteroatoms. The quantitative estimate of drug-likeness (QED) is 0.791. The first-order valence-electron chi connectivity index (χ1n) is 6.67. The monoisotopic (exact) mass is 295 g/mol. The van der Waals surface area contributed by atoms with Crippen molar-refractivity contribution in [1.29, 1.82) is 0 Å². The molecule has 1 amide bonds. The number of hydrogen-bond donors (Lipinski definition) is 2. The molecular formula is C16H22ClNO2. The molecule has 0 aliphatic rings. The number of rotatable bonds is 6. The highest BCUT2D eigenvalue weighted by molar-refractivity contribution is 6.32. The van der Waals surface area contributed by atoms with Crippen molar-refractivity contribution in [1.82, 2.24) is 5.32 Å². The molecule has 0 radical (unpaired) electrons. The Morgan fingerprint density at radius 3 is 2.65 bits per heavy atom. The number of carbonyl (C=O) groups excluding carboxylic acids is 1. The summed E-state index contributed by atoms with van der Waals surface area (Å²) in [5.74, 6) is -0.115. The van der Waals surface area contributed by atoms with Gasteiger partial charge in [-0.2, -0.15) is 0 Å². The van der Waals surface area contributed by atoms with E-state index in [1.807, 2.05) is 32.0 Å². The van der Waals surface area contributed by atoms with Crippen molar-refractivity contribution < 1.29 is 9.90 Å². The van der Waals surface area contributed by atoms with Crippen LogP contribution in [0.4, 0.5) is 0 Å². The van der Waals surface area contributed by atoms with Gasteiger partial charge in [-0.3, -0.25) is 4.79 Å². The van der Waals surface area contributed by atoms with Crippen molar-refractivity contribution in [3.8, 4) is 0 Å². The Morgan fingerprint density at radius 1 is 1.40 bits per heavy atom. The van der Waals surface area contributed by atoms with E-state index >= 15 is 0 Å². The van der Waals surface area contributed by atoms with Gasteiger partial charge in [-0.15, -0.1) is 0 Å². The third-order valence-electron chi connectivity index (χ3n) is 3.15. The zero-order valence-electron chi connectivity index (χ0n) is 12.2. The van der Waals surface area contributed by atoms with Gasteiger partial charge in [-0.05, 0) is 36.5 Å². The average Bonchev–Trinajstić information content (AvgIpc) is 2.38. The first-order chi connectivity index (χ1) is 9.35. The van der Waals surface area contributed by atoms with Gasteiger partial charge >= 0.3 is 0 Å². The Morgan fingerprint density at radius 2 is 2.05 bits per heavy atom. The minimum Gasteiger partial charge on any atom is -0.396 e. The zero-order chi connectivity index (χ0) is 15.2. The number of hydrogen-bond acceptors (Lipinski definition) is 2. The van der Waals surface area contributed by atoms with Crippen LogP contribution in [0.15, 0.2) is 29.8 Å². The van der Waals surface area contributed by atoms with Crippen LogP contribution in [0.1, 0.15) is 32.8 Å². The molecule has 0 bridgehead atoms. The van der Waals surface area contributed by atoms with E-state index in [0.29, 0.717) is 23.6 Å². The lowest BCUT2D eigenvalue weighted by atomic mass is 9.89. The first-order valence-corrected chi connectivity index (χ1v) is 7.05. The van der Waals surface area contributed by atoms with Crippen molar-refractivity contribution in [2.45, 2.75) is 27.2 Å². The Labute approximate surface area is 125 Å². The van der Waals surface area contributed by atoms with Crippen molar-refractivity contribution in [3.05, 3.63) is 40.4 Å². The van der Waals surface area contributed by atoms with Crippen LogP contribution in [0, 0.1) is 5.41 Å². The lowest BCUT2D eigenvalue weighted by Gasteiger charge is -2.23. The van der Waals surface area contributed by atoms with Crippen LogP contribution < -0.4 is 5.32 Å². The molecule has 1 aromatic rings. The second-order valence-electron chi connectivity index (χ2n) is 5.67. The summed E-state index contributed by atoms with van der Waals surface area (Å²) in [5, 5.41) is 12.5. The van der Waals surface area contributed by atoms with Crippen LogP contribution in [0.25, 0.3) is 6.08 Å². The molecule has 1 rings (SSSR count). The largest absolute Gasteiger partial charge is 0.396 e. The number of amides is 1. The molecule has 0 aliphatic carbocycles. The summed E-state index contributed by atoms with van der Waals surface area (Å²) in [6.07, 6.45) is 2.43. The van der Waals surface area contributed by atoms with Gasteiger partial charge in [0.05, 0.1) is 0 Å². The predicted octanol–water partition coefficient (Wildman–Crippen LogP) is 3.27. The maximum Gasteiger partial charge on any atom is 0.246 e. The maximum absolute atomic E-state index is 12.0. The summed E-state index contributed by atoms with van der Waals surface area (Å²) in [7, 11) is 0. The second-order valence-corrected chi connectivity index (χ2v) is 6.08. The molecule has 0 saturated heterocycles. The van der Waals surface area contributed by atoms with E-state index in [1.165, 1.54) is 0 Å². The van der Waals surface area contributed by atoms with Crippen LogP contribution in [-0.2, 0) is 4.79 Å². The highest BCUT2D eigenvalue weighted by Gasteiger charge is 2.18. The summed E-state index contributed by atoms with van der Waals surface area (Å²) in [6, 6.07) is 7.40. The Balaban J connectivity index is 2.66. The molecule has 0 saturated carbocycles. The van der Waals surface area contributed by atoms with Gasteiger partial charge in [0.2, 0.25) is 5.91 Å². The molecule has 0 aromatic heterocycles. The molecule has 3 nitrogen and oxygen atoms in total. The lowest BCUT2D eigenvalue weighted by molar-refractivity contribution is -0.117. The van der Waals surface area contributed by atoms with Gasteiger partial charge < -0.3 is 10.4 Å². The molecule has 0 unspecified atom stereocenters. The molecule has 0 fully saturated rings. The molecule has 1 aromatic carbocycles. The van der Waals surface area contributed by atoms with Crippen LogP contribution in [-0.4, -0.2) is 24.2 Å². The van der Waals surface area contributed by atoms with Crippen LogP contribution >= 0.6 is 11.6 Å². The lowest BCUT2D eigenvalue weighted by Crippen LogP contribution is -2.34. The first kappa shape index (κ1) is 16.7. The Kier molecular flexibility index (Phi) is 6.24. The molecule has 0 heterocycles. The Bertz CT molecular complexity index is 495. The normalized spacial score (nSPS) is 12.3. The van der Waals surface area contributed by atoms with E-state index in [-0.39, 0.29) is 17.9 Å². The minimum atomic E-state index is -0.116. The third-order valence-corrected chi connectivity index (χ3v) is 3.50. The summed E-state index contributed by atoms with van der Waals surface area (Å²) in [4.78, 5) is 12.0. The number of aliphatic hydroxyl groups excluding tert-OH is 1. The van der Waals surface area contributed by atoms with Crippen LogP contribution in [0.5, 0.6) is 0 Å². The van der Waals surface area contributed by atoms with Crippen molar-refractivity contribution in [2.75, 3.05) is 13.2 Å². The van der Waals surface area contributed by atoms with Gasteiger partial charge in [0.1, 0.15) is 0 Å². The van der Waals surface area contributed by atoms with E-state index in [4.69, 9.17) is 16.7 Å². The number of carbonyl (C=O) groups is 1. The average molecular weight is 296 g/mol. The second kappa shape index (κ2) is 7.46. The fourth-order valence-electron chi connectivity index (χ4n) is 1.74. The molecule has 0 spiro atoms. The van der Waals surface area contributed by atoms with Crippen molar-refractivity contribution in [3.63, 3.8) is 0 Å². The highest BCUT2D eigenvalue weighted by atomic mass is 35.5. The minimum absolute atomic E-state index is 0.115. The topological polar surface area (TPSA) is 49.3 Å². The molecule has 2 N–H and O–H groups in total. The van der Waals surface area contributed by atoms with Gasteiger partial charge in [0.25, 0.3) is 0 Å². The number of benzene rings is 1. The standard InChI is InChI=1S/C16H22ClNO2/c1-12(10-13-6-4-5-7-14(13)17)15(20)18-11-16(2,3)8-9-19/h4-7,10,19H,8-9,11H2,1-3H3,(H,18,20)/b12-10-. The highest BCUT2D eigenvalue weighted by Crippen LogP contribution is 2.20. The fourth-order valence-corrected chi connectivity index (χ4v) is 1.93. The van der Waals surface area contributed by atoms with E-state index in [9.17, 15) is 4.79 Å². The summed E-state index contributed by atoms with van der Waals surface area (Å²) < 4.78 is 0. The van der Waals surface area contributed by atoms with E-state index in [2.05, 4.69) is 5.32 Å². The summed E-state index contributed by atoms with van der Waals surface area (Å²) in [5.41, 5.74) is 1.32. The smallest absolute Gasteiger partial charge is 0.246 e. The van der Waals surface area contributed by atoms with E-state index < -0.39 is 0 Å². The van der Waals surface area contributed by atoms with Gasteiger partial charge in [0, 0.05) is 23.7 Å². The van der Waals surface area contributed by atoms with Crippen molar-refractivity contribution >= 4 is 23.6 Å². The zero-order valence-corrected chi connectivity index (χ0v) is 13.0. The molecular weight excluding hydrogens is 274 g/mol. The molecule has 110 valence electrons. The van der Waals surface area contributed by atoms with E-state index in [1.54, 1.807) is 19.1 Å². The fraction of sp³-hybridized carbons (Fsp3) is 0.438. The van der Waals surface area contributed by atoms with Crippen molar-refractivity contribution in [2.24, 2.45) is 5.41 Å². The van der Waals surface area contributed by atoms with Gasteiger partial charge in [0.15, 0.2) is 0 Å². The predicted molar refractivity (Wildman–Crippen MR) is 83.6 cm³/mol. The van der Waals surface area contributed by atoms with Gasteiger partial charge in [-0.1, -0.05) is 43.6 Å². The number of nitrogens with one attached hydrogen (secondary N) is 1. The molecule has 0 aliphatic heterocycles. The molecule has 20 heavy (non-hydrogen) atoms. The maximum atomic E-state index is 12.0. The number of halogens is 1. The van der Waals surface area contributed by atoms with Crippen LogP contribution in [0.3, 0.4) is 0 Å². The summed E-state index contributed by atoms with van der Waals surface area (Å²) in [6.45, 7) is 6.43. The Hall–Kier alpha value is -1.32. The summed E-state index contributed by atoms with van der Waals surface area (Å²) >= 11 is 6.06. The van der Waals surface area contributed by atoms with Gasteiger partial charge in [-0.25, -0.2) is 0 Å². The van der Waals surface area contributed by atoms with Crippen LogP contribution in [0.2, 0.25) is 5.02 Å². The molecule has 0 atom stereocenters. The number of aliphatic hydroxyl groups is 1. The third kappa shape index (κ3) is 5.35. The SMILES string of the molecule is C/C(=C/c1ccccc1Cl)C(=O)NCC(C)(C)CCO. The van der Waals surface area contributed by atoms with E-state index in [0.717, 1.165) is 5.56 Å².